The molecule has 0 bridgehead atoms. The summed E-state index contributed by atoms with van der Waals surface area (Å²) in [5, 5.41) is 10.4. The van der Waals surface area contributed by atoms with Gasteiger partial charge in [0, 0.05) is 18.8 Å². The van der Waals surface area contributed by atoms with E-state index in [1.165, 1.54) is 4.57 Å². The molecule has 11 heteroatoms. The van der Waals surface area contributed by atoms with Crippen LogP contribution in [0.4, 0.5) is 5.00 Å². The largest absolute Gasteiger partial charge is 0.496 e. The molecule has 37 heavy (non-hydrogen) atoms. The van der Waals surface area contributed by atoms with E-state index in [4.69, 9.17) is 20.8 Å². The van der Waals surface area contributed by atoms with Gasteiger partial charge in [-0.15, -0.1) is 11.3 Å². The van der Waals surface area contributed by atoms with Crippen molar-refractivity contribution in [2.24, 2.45) is 0 Å². The molecule has 0 spiro atoms. The lowest BCUT2D eigenvalue weighted by atomic mass is 10.1. The average Bonchev–Trinajstić information content (AvgIpc) is 3.63. The zero-order valence-electron chi connectivity index (χ0n) is 20.6. The Morgan fingerprint density at radius 3 is 2.62 bits per heavy atom. The van der Waals surface area contributed by atoms with E-state index in [2.05, 4.69) is 4.85 Å². The van der Waals surface area contributed by atoms with Gasteiger partial charge in [0.25, 0.3) is 5.56 Å². The first-order valence-corrected chi connectivity index (χ1v) is 12.9. The van der Waals surface area contributed by atoms with E-state index in [0.717, 1.165) is 21.5 Å². The summed E-state index contributed by atoms with van der Waals surface area (Å²) in [6.07, 6.45) is 1.02. The van der Waals surface area contributed by atoms with Gasteiger partial charge in [0.15, 0.2) is 0 Å². The molecule has 1 saturated heterocycles. The van der Waals surface area contributed by atoms with Gasteiger partial charge in [0.2, 0.25) is 5.00 Å². The maximum absolute atomic E-state index is 13.9. The predicted molar refractivity (Wildman–Crippen MR) is 137 cm³/mol. The molecule has 194 valence electrons. The van der Waals surface area contributed by atoms with Crippen molar-refractivity contribution in [3.8, 4) is 5.75 Å². The van der Waals surface area contributed by atoms with E-state index in [0.29, 0.717) is 42.2 Å². The summed E-state index contributed by atoms with van der Waals surface area (Å²) in [6.45, 7) is 10.4. The van der Waals surface area contributed by atoms with E-state index in [1.807, 2.05) is 24.3 Å². The highest BCUT2D eigenvalue weighted by Crippen LogP contribution is 2.43. The van der Waals surface area contributed by atoms with Crippen LogP contribution >= 0.6 is 11.3 Å². The molecule has 5 rings (SSSR count). The van der Waals surface area contributed by atoms with Crippen LogP contribution < -0.4 is 16.0 Å². The number of carbonyl (C=O) groups is 1. The maximum atomic E-state index is 13.9. The summed E-state index contributed by atoms with van der Waals surface area (Å²) < 4.78 is 19.9. The minimum Gasteiger partial charge on any atom is -0.496 e. The Hall–Kier alpha value is -3.46. The summed E-state index contributed by atoms with van der Waals surface area (Å²) in [5.41, 5.74) is -1.78. The SMILES string of the molecule is [C-]#[N+]c1sc2c(c1C)c(=O)n(C1(C(=O)O)CC1)c(=O)n2CC(OC1CCOCC1)c1ccccc1OC. The quantitative estimate of drug-likeness (QED) is 0.447. The van der Waals surface area contributed by atoms with Gasteiger partial charge in [-0.1, -0.05) is 18.2 Å². The Kier molecular flexibility index (Phi) is 6.66. The zero-order chi connectivity index (χ0) is 26.3. The van der Waals surface area contributed by atoms with Crippen molar-refractivity contribution in [2.75, 3.05) is 20.3 Å². The number of carboxylic acid groups (broad SMARTS) is 1. The number of aliphatic carboxylic acids is 1. The normalized spacial score (nSPS) is 17.9. The van der Waals surface area contributed by atoms with Crippen LogP contribution in [0.25, 0.3) is 15.1 Å². The molecule has 3 heterocycles. The lowest BCUT2D eigenvalue weighted by Gasteiger charge is -2.29. The molecule has 1 aromatic carbocycles. The Morgan fingerprint density at radius 1 is 1.30 bits per heavy atom. The van der Waals surface area contributed by atoms with Crippen molar-refractivity contribution in [3.05, 3.63) is 67.6 Å². The molecule has 1 aliphatic carbocycles. The number of rotatable bonds is 8. The van der Waals surface area contributed by atoms with Crippen LogP contribution in [0.15, 0.2) is 33.9 Å². The molecular formula is C26H27N3O7S. The van der Waals surface area contributed by atoms with E-state index in [9.17, 15) is 19.5 Å². The van der Waals surface area contributed by atoms with Crippen LogP contribution in [0.1, 0.15) is 42.9 Å². The molecule has 2 aliphatic rings. The van der Waals surface area contributed by atoms with Crippen LogP contribution in [0.5, 0.6) is 5.75 Å². The number of hydrogen-bond donors (Lipinski definition) is 1. The summed E-state index contributed by atoms with van der Waals surface area (Å²) in [7, 11) is 1.56. The maximum Gasteiger partial charge on any atom is 0.333 e. The second-order valence-electron chi connectivity index (χ2n) is 9.37. The fraction of sp³-hybridized carbons (Fsp3) is 0.462. The number of nitrogens with zero attached hydrogens (tertiary/aromatic N) is 3. The average molecular weight is 526 g/mol. The molecular weight excluding hydrogens is 498 g/mol. The molecule has 10 nitrogen and oxygen atoms in total. The van der Waals surface area contributed by atoms with Gasteiger partial charge < -0.3 is 19.3 Å². The molecule has 2 aromatic heterocycles. The van der Waals surface area contributed by atoms with E-state index in [-0.39, 0.29) is 35.9 Å². The standard InChI is InChI=1S/C26H27N3O7S/c1-15-20-22(30)29(26(10-11-26)24(31)32)25(33)28(23(20)37-21(15)27-2)14-19(36-16-8-12-35-13-9-16)17-6-4-5-7-18(17)34-3/h4-7,16,19H,8-14H2,1,3H3,(H,31,32). The summed E-state index contributed by atoms with van der Waals surface area (Å²) in [5.74, 6) is -0.624. The van der Waals surface area contributed by atoms with Gasteiger partial charge in [-0.3, -0.25) is 9.36 Å². The molecule has 0 amide bonds. The van der Waals surface area contributed by atoms with Crippen molar-refractivity contribution in [1.29, 1.82) is 0 Å². The minimum absolute atomic E-state index is 0.0143. The van der Waals surface area contributed by atoms with Gasteiger partial charge in [0.1, 0.15) is 17.4 Å². The number of thiophene rings is 1. The number of carboxylic acids is 1. The Balaban J connectivity index is 1.72. The number of aryl methyl sites for hydroxylation is 1. The zero-order valence-corrected chi connectivity index (χ0v) is 21.4. The van der Waals surface area contributed by atoms with Gasteiger partial charge in [-0.05, 0) is 44.2 Å². The van der Waals surface area contributed by atoms with E-state index >= 15 is 0 Å². The lowest BCUT2D eigenvalue weighted by Crippen LogP contribution is -2.49. The number of aromatic nitrogens is 2. The van der Waals surface area contributed by atoms with Crippen molar-refractivity contribution >= 4 is 32.5 Å². The van der Waals surface area contributed by atoms with Crippen molar-refractivity contribution in [2.45, 2.75) is 56.9 Å². The smallest absolute Gasteiger partial charge is 0.333 e. The third kappa shape index (κ3) is 4.25. The molecule has 0 radical (unpaired) electrons. The van der Waals surface area contributed by atoms with E-state index < -0.39 is 28.9 Å². The molecule has 3 aromatic rings. The Morgan fingerprint density at radius 2 is 2.00 bits per heavy atom. The van der Waals surface area contributed by atoms with Crippen LogP contribution in [-0.2, 0) is 26.4 Å². The molecule has 2 fully saturated rings. The van der Waals surface area contributed by atoms with Crippen LogP contribution in [0.3, 0.4) is 0 Å². The number of hydrogen-bond acceptors (Lipinski definition) is 7. The van der Waals surface area contributed by atoms with Crippen LogP contribution in [0, 0.1) is 13.5 Å². The topological polar surface area (TPSA) is 113 Å². The van der Waals surface area contributed by atoms with Gasteiger partial charge >= 0.3 is 11.7 Å². The highest BCUT2D eigenvalue weighted by molar-refractivity contribution is 7.22. The minimum atomic E-state index is -1.57. The second-order valence-corrected chi connectivity index (χ2v) is 10.4. The monoisotopic (exact) mass is 525 g/mol. The Labute approximate surface area is 216 Å². The molecule has 1 atom stereocenters. The summed E-state index contributed by atoms with van der Waals surface area (Å²) >= 11 is 1.06. The number of para-hydroxylation sites is 1. The fourth-order valence-corrected chi connectivity index (χ4v) is 6.08. The summed E-state index contributed by atoms with van der Waals surface area (Å²) in [4.78, 5) is 43.5. The van der Waals surface area contributed by atoms with Crippen LogP contribution in [0.2, 0.25) is 0 Å². The number of methoxy groups -OCH3 is 1. The number of fused-ring (bicyclic) bond motifs is 1. The highest BCUT2D eigenvalue weighted by Gasteiger charge is 2.55. The van der Waals surface area contributed by atoms with Crippen molar-refractivity contribution < 1.29 is 24.1 Å². The number of benzene rings is 1. The highest BCUT2D eigenvalue weighted by atomic mass is 32.1. The first kappa shape index (κ1) is 25.2. The number of ether oxygens (including phenoxy) is 3. The molecule has 1 unspecified atom stereocenters. The van der Waals surface area contributed by atoms with Crippen molar-refractivity contribution in [1.82, 2.24) is 9.13 Å². The first-order valence-electron chi connectivity index (χ1n) is 12.1. The summed E-state index contributed by atoms with van der Waals surface area (Å²) in [6, 6.07) is 7.37. The van der Waals surface area contributed by atoms with E-state index in [1.54, 1.807) is 14.0 Å². The molecule has 1 saturated carbocycles. The second kappa shape index (κ2) is 9.78. The third-order valence-corrected chi connectivity index (χ3v) is 8.41. The lowest BCUT2D eigenvalue weighted by molar-refractivity contribution is -0.142. The predicted octanol–water partition coefficient (Wildman–Crippen LogP) is 3.60. The van der Waals surface area contributed by atoms with Crippen LogP contribution in [-0.4, -0.2) is 46.6 Å². The third-order valence-electron chi connectivity index (χ3n) is 7.20. The van der Waals surface area contributed by atoms with Gasteiger partial charge in [-0.2, -0.15) is 0 Å². The van der Waals surface area contributed by atoms with Crippen molar-refractivity contribution in [3.63, 3.8) is 0 Å². The Bertz CT molecular complexity index is 1520. The molecule has 1 N–H and O–H groups in total. The fourth-order valence-electron chi connectivity index (χ4n) is 4.99. The first-order chi connectivity index (χ1) is 17.8. The molecule has 1 aliphatic heterocycles. The van der Waals surface area contributed by atoms with Gasteiger partial charge in [0.05, 0.1) is 36.5 Å². The van der Waals surface area contributed by atoms with Gasteiger partial charge in [-0.25, -0.2) is 19.0 Å².